The van der Waals surface area contributed by atoms with Crippen LogP contribution in [0, 0.1) is 13.8 Å². The summed E-state index contributed by atoms with van der Waals surface area (Å²) in [5.41, 5.74) is 4.61. The fourth-order valence-corrected chi connectivity index (χ4v) is 2.19. The quantitative estimate of drug-likeness (QED) is 0.663. The average Bonchev–Trinajstić information content (AvgIpc) is 2.95. The van der Waals surface area contributed by atoms with Crippen molar-refractivity contribution < 1.29 is 0 Å². The molecule has 21 heavy (non-hydrogen) atoms. The zero-order valence-electron chi connectivity index (χ0n) is 12.2. The maximum absolute atomic E-state index is 4.51. The third-order valence-corrected chi connectivity index (χ3v) is 3.42. The summed E-state index contributed by atoms with van der Waals surface area (Å²) < 4.78 is 1.81. The summed E-state index contributed by atoms with van der Waals surface area (Å²) in [5.74, 6) is 0.858. The molecule has 0 radical (unpaired) electrons. The van der Waals surface area contributed by atoms with Crippen molar-refractivity contribution in [3.63, 3.8) is 0 Å². The van der Waals surface area contributed by atoms with Gasteiger partial charge in [-0.2, -0.15) is 5.10 Å². The lowest BCUT2D eigenvalue weighted by Gasteiger charge is -2.05. The Bertz CT molecular complexity index is 767. The van der Waals surface area contributed by atoms with Gasteiger partial charge in [0.25, 0.3) is 0 Å². The molecule has 0 aliphatic heterocycles. The molecule has 3 rings (SSSR count). The second-order valence-corrected chi connectivity index (χ2v) is 5.07. The predicted molar refractivity (Wildman–Crippen MR) is 86.6 cm³/mol. The first kappa shape index (κ1) is 13.3. The van der Waals surface area contributed by atoms with Crippen molar-refractivity contribution in [2.45, 2.75) is 13.8 Å². The molecule has 3 heteroatoms. The average molecular weight is 275 g/mol. The van der Waals surface area contributed by atoms with Crippen molar-refractivity contribution in [1.82, 2.24) is 9.66 Å². The van der Waals surface area contributed by atoms with Gasteiger partial charge in [-0.15, -0.1) is 0 Å². The van der Waals surface area contributed by atoms with Crippen LogP contribution < -0.4 is 0 Å². The largest absolute Gasteiger partial charge is 0.235 e. The molecule has 3 nitrogen and oxygen atoms in total. The van der Waals surface area contributed by atoms with Crippen LogP contribution >= 0.6 is 0 Å². The Balaban J connectivity index is 1.93. The van der Waals surface area contributed by atoms with Crippen molar-refractivity contribution in [1.29, 1.82) is 0 Å². The van der Waals surface area contributed by atoms with Crippen LogP contribution in [0.3, 0.4) is 0 Å². The van der Waals surface area contributed by atoms with E-state index in [2.05, 4.69) is 60.3 Å². The molecular weight excluding hydrogens is 258 g/mol. The van der Waals surface area contributed by atoms with Gasteiger partial charge in [0.1, 0.15) is 0 Å². The molecule has 1 aromatic heterocycles. The molecule has 104 valence electrons. The number of rotatable bonds is 3. The number of benzene rings is 2. The molecule has 0 aliphatic carbocycles. The molecule has 0 unspecified atom stereocenters. The molecule has 0 saturated heterocycles. The fraction of sp³-hybridized carbons (Fsp3) is 0.111. The minimum atomic E-state index is 0.858. The van der Waals surface area contributed by atoms with Gasteiger partial charge in [0.15, 0.2) is 5.82 Å². The van der Waals surface area contributed by atoms with Crippen LogP contribution in [-0.2, 0) is 0 Å². The monoisotopic (exact) mass is 275 g/mol. The molecule has 3 aromatic rings. The molecule has 0 aliphatic rings. The van der Waals surface area contributed by atoms with E-state index in [0.717, 1.165) is 17.0 Å². The lowest BCUT2D eigenvalue weighted by Crippen LogP contribution is -1.95. The molecule has 0 amide bonds. The highest BCUT2D eigenvalue weighted by molar-refractivity contribution is 5.79. The number of hydrogen-bond acceptors (Lipinski definition) is 2. The first-order valence-corrected chi connectivity index (χ1v) is 6.94. The number of nitrogens with zero attached hydrogens (tertiary/aromatic N) is 3. The standard InChI is InChI=1S/C18H17N3/c1-14-7-9-16(10-8-14)13-20-21-12-11-19-18(21)17-6-4-3-5-15(17)2/h3-13H,1-2H3. The molecule has 1 heterocycles. The van der Waals surface area contributed by atoms with Crippen LogP contribution in [0.5, 0.6) is 0 Å². The lowest BCUT2D eigenvalue weighted by atomic mass is 10.1. The summed E-state index contributed by atoms with van der Waals surface area (Å²) in [6.45, 7) is 4.16. The smallest absolute Gasteiger partial charge is 0.160 e. The van der Waals surface area contributed by atoms with Crippen LogP contribution in [0.4, 0.5) is 0 Å². The van der Waals surface area contributed by atoms with Crippen molar-refractivity contribution >= 4 is 6.21 Å². The summed E-state index contributed by atoms with van der Waals surface area (Å²) in [5, 5.41) is 4.51. The molecular formula is C18H17N3. The number of hydrogen-bond donors (Lipinski definition) is 0. The molecule has 0 saturated carbocycles. The minimum Gasteiger partial charge on any atom is -0.235 e. The number of imidazole rings is 1. The maximum Gasteiger partial charge on any atom is 0.160 e. The van der Waals surface area contributed by atoms with Crippen LogP contribution in [0.2, 0.25) is 0 Å². The van der Waals surface area contributed by atoms with Crippen LogP contribution in [0.15, 0.2) is 66.0 Å². The molecule has 0 atom stereocenters. The normalized spacial score (nSPS) is 11.1. The molecule has 0 fully saturated rings. The summed E-state index contributed by atoms with van der Waals surface area (Å²) in [4.78, 5) is 4.42. The molecule has 0 spiro atoms. The topological polar surface area (TPSA) is 30.2 Å². The summed E-state index contributed by atoms with van der Waals surface area (Å²) >= 11 is 0. The first-order valence-electron chi connectivity index (χ1n) is 6.94. The lowest BCUT2D eigenvalue weighted by molar-refractivity contribution is 0.891. The number of aryl methyl sites for hydroxylation is 2. The van der Waals surface area contributed by atoms with Gasteiger partial charge in [0.05, 0.1) is 6.21 Å². The molecule has 2 aromatic carbocycles. The Morgan fingerprint density at radius 3 is 2.52 bits per heavy atom. The Hall–Kier alpha value is -2.68. The van der Waals surface area contributed by atoms with E-state index in [-0.39, 0.29) is 0 Å². The Morgan fingerprint density at radius 2 is 1.76 bits per heavy atom. The van der Waals surface area contributed by atoms with E-state index in [1.54, 1.807) is 6.20 Å². The Labute approximate surface area is 124 Å². The highest BCUT2D eigenvalue weighted by Crippen LogP contribution is 2.21. The van der Waals surface area contributed by atoms with Crippen molar-refractivity contribution in [2.75, 3.05) is 0 Å². The predicted octanol–water partition coefficient (Wildman–Crippen LogP) is 4.05. The van der Waals surface area contributed by atoms with E-state index < -0.39 is 0 Å². The van der Waals surface area contributed by atoms with Gasteiger partial charge in [0, 0.05) is 18.0 Å². The van der Waals surface area contributed by atoms with E-state index in [4.69, 9.17) is 0 Å². The van der Waals surface area contributed by atoms with E-state index in [9.17, 15) is 0 Å². The van der Waals surface area contributed by atoms with Gasteiger partial charge in [-0.05, 0) is 25.0 Å². The van der Waals surface area contributed by atoms with E-state index in [1.807, 2.05) is 29.2 Å². The second kappa shape index (κ2) is 5.75. The molecule has 0 bridgehead atoms. The Kier molecular flexibility index (Phi) is 3.65. The summed E-state index contributed by atoms with van der Waals surface area (Å²) in [6, 6.07) is 16.5. The highest BCUT2D eigenvalue weighted by Gasteiger charge is 2.06. The number of aromatic nitrogens is 2. The summed E-state index contributed by atoms with van der Waals surface area (Å²) in [7, 11) is 0. The Morgan fingerprint density at radius 1 is 1.00 bits per heavy atom. The van der Waals surface area contributed by atoms with Gasteiger partial charge in [0.2, 0.25) is 0 Å². The van der Waals surface area contributed by atoms with Gasteiger partial charge in [-0.3, -0.25) is 0 Å². The molecule has 0 N–H and O–H groups in total. The van der Waals surface area contributed by atoms with E-state index >= 15 is 0 Å². The van der Waals surface area contributed by atoms with Crippen molar-refractivity contribution in [2.24, 2.45) is 5.10 Å². The zero-order chi connectivity index (χ0) is 14.7. The SMILES string of the molecule is Cc1ccc(C=Nn2ccnc2-c2ccccc2C)cc1. The highest BCUT2D eigenvalue weighted by atomic mass is 15.4. The third kappa shape index (κ3) is 2.92. The van der Waals surface area contributed by atoms with E-state index in [1.165, 1.54) is 11.1 Å². The second-order valence-electron chi connectivity index (χ2n) is 5.07. The van der Waals surface area contributed by atoms with Gasteiger partial charge in [-0.1, -0.05) is 54.1 Å². The fourth-order valence-electron chi connectivity index (χ4n) is 2.19. The van der Waals surface area contributed by atoms with Gasteiger partial charge in [-0.25, -0.2) is 9.66 Å². The van der Waals surface area contributed by atoms with Crippen LogP contribution in [0.1, 0.15) is 16.7 Å². The third-order valence-electron chi connectivity index (χ3n) is 3.42. The van der Waals surface area contributed by atoms with Crippen molar-refractivity contribution in [3.8, 4) is 11.4 Å². The van der Waals surface area contributed by atoms with Gasteiger partial charge >= 0.3 is 0 Å². The summed E-state index contributed by atoms with van der Waals surface area (Å²) in [6.07, 6.45) is 5.49. The van der Waals surface area contributed by atoms with Gasteiger partial charge < -0.3 is 0 Å². The maximum atomic E-state index is 4.51. The van der Waals surface area contributed by atoms with E-state index in [0.29, 0.717) is 0 Å². The van der Waals surface area contributed by atoms with Crippen molar-refractivity contribution in [3.05, 3.63) is 77.6 Å². The van der Waals surface area contributed by atoms with Crippen LogP contribution in [-0.4, -0.2) is 15.9 Å². The zero-order valence-corrected chi connectivity index (χ0v) is 12.2. The van der Waals surface area contributed by atoms with Crippen LogP contribution in [0.25, 0.3) is 11.4 Å². The minimum absolute atomic E-state index is 0.858. The first-order chi connectivity index (χ1) is 10.2.